The van der Waals surface area contributed by atoms with Crippen molar-refractivity contribution in [2.24, 2.45) is 11.8 Å². The van der Waals surface area contributed by atoms with Crippen molar-refractivity contribution in [3.05, 3.63) is 0 Å². The molecule has 0 aromatic rings. The number of hydrogen-bond donors (Lipinski definition) is 2. The second kappa shape index (κ2) is 5.58. The van der Waals surface area contributed by atoms with E-state index in [-0.39, 0.29) is 18.9 Å². The number of alkyl carbamates (subject to hydrolysis) is 1. The fourth-order valence-electron chi connectivity index (χ4n) is 3.82. The van der Waals surface area contributed by atoms with Crippen LogP contribution in [-0.2, 0) is 4.74 Å². The highest BCUT2D eigenvalue weighted by Gasteiger charge is 2.65. The van der Waals surface area contributed by atoms with Crippen molar-refractivity contribution in [2.45, 2.75) is 76.3 Å². The van der Waals surface area contributed by atoms with E-state index in [9.17, 15) is 23.1 Å². The number of carbonyl (C=O) groups is 1. The highest BCUT2D eigenvalue weighted by Crippen LogP contribution is 2.54. The van der Waals surface area contributed by atoms with Crippen LogP contribution >= 0.6 is 0 Å². The van der Waals surface area contributed by atoms with Crippen molar-refractivity contribution < 1.29 is 27.8 Å². The maximum atomic E-state index is 13.3. The van der Waals surface area contributed by atoms with Gasteiger partial charge in [0.2, 0.25) is 0 Å². The van der Waals surface area contributed by atoms with Gasteiger partial charge in [-0.05, 0) is 58.3 Å². The molecular weight excluding hydrogens is 299 g/mol. The third kappa shape index (κ3) is 3.34. The summed E-state index contributed by atoms with van der Waals surface area (Å²) < 4.78 is 45.0. The summed E-state index contributed by atoms with van der Waals surface area (Å²) in [7, 11) is 0. The number of carbonyl (C=O) groups excluding carboxylic acids is 1. The van der Waals surface area contributed by atoms with Crippen molar-refractivity contribution >= 4 is 6.09 Å². The first-order chi connectivity index (χ1) is 9.93. The van der Waals surface area contributed by atoms with Gasteiger partial charge in [-0.25, -0.2) is 4.79 Å². The van der Waals surface area contributed by atoms with E-state index in [0.29, 0.717) is 19.3 Å². The van der Waals surface area contributed by atoms with Gasteiger partial charge in [-0.2, -0.15) is 13.2 Å². The predicted molar refractivity (Wildman–Crippen MR) is 74.2 cm³/mol. The van der Waals surface area contributed by atoms with E-state index in [2.05, 4.69) is 5.32 Å². The minimum absolute atomic E-state index is 0.131. The van der Waals surface area contributed by atoms with Gasteiger partial charge < -0.3 is 15.2 Å². The molecule has 0 aliphatic heterocycles. The average molecular weight is 323 g/mol. The van der Waals surface area contributed by atoms with Crippen LogP contribution in [0, 0.1) is 11.8 Å². The molecule has 2 aliphatic carbocycles. The Bertz CT molecular complexity index is 417. The summed E-state index contributed by atoms with van der Waals surface area (Å²) in [5.41, 5.74) is -3.27. The molecule has 2 N–H and O–H groups in total. The zero-order valence-electron chi connectivity index (χ0n) is 13.2. The molecule has 4 nitrogen and oxygen atoms in total. The number of fused-ring (bicyclic) bond motifs is 2. The minimum atomic E-state index is -4.63. The van der Waals surface area contributed by atoms with Gasteiger partial charge in [-0.1, -0.05) is 6.42 Å². The summed E-state index contributed by atoms with van der Waals surface area (Å²) in [5.74, 6) is -1.72. The molecule has 0 heterocycles. The van der Waals surface area contributed by atoms with E-state index in [4.69, 9.17) is 4.74 Å². The molecule has 2 aliphatic rings. The zero-order chi connectivity index (χ0) is 16.8. The first-order valence-corrected chi connectivity index (χ1v) is 7.72. The molecule has 0 spiro atoms. The summed E-state index contributed by atoms with van der Waals surface area (Å²) in [6.45, 7) is 5.18. The van der Waals surface area contributed by atoms with Crippen LogP contribution in [0.3, 0.4) is 0 Å². The molecule has 2 atom stereocenters. The molecule has 2 bridgehead atoms. The molecule has 2 rings (SSSR count). The highest BCUT2D eigenvalue weighted by molar-refractivity contribution is 5.68. The van der Waals surface area contributed by atoms with Gasteiger partial charge in [0.25, 0.3) is 0 Å². The van der Waals surface area contributed by atoms with Crippen LogP contribution in [-0.4, -0.2) is 34.6 Å². The predicted octanol–water partition coefficient (Wildman–Crippen LogP) is 3.38. The van der Waals surface area contributed by atoms with Gasteiger partial charge in [0.05, 0.1) is 0 Å². The molecule has 22 heavy (non-hydrogen) atoms. The summed E-state index contributed by atoms with van der Waals surface area (Å²) in [4.78, 5) is 11.8. The average Bonchev–Trinajstić information content (AvgIpc) is 2.26. The molecular formula is C15H24F3NO3. The van der Waals surface area contributed by atoms with Gasteiger partial charge in [0.15, 0.2) is 5.60 Å². The lowest BCUT2D eigenvalue weighted by Gasteiger charge is -2.52. The lowest BCUT2D eigenvalue weighted by molar-refractivity contribution is -0.317. The minimum Gasteiger partial charge on any atom is -0.444 e. The van der Waals surface area contributed by atoms with Gasteiger partial charge in [0.1, 0.15) is 5.60 Å². The lowest BCUT2D eigenvalue weighted by Crippen LogP contribution is -2.63. The molecule has 0 aromatic heterocycles. The Hall–Kier alpha value is -0.980. The van der Waals surface area contributed by atoms with Gasteiger partial charge in [0, 0.05) is 6.04 Å². The molecule has 128 valence electrons. The molecule has 1 amide bonds. The van der Waals surface area contributed by atoms with Crippen molar-refractivity contribution in [3.8, 4) is 0 Å². The standard InChI is InChI=1S/C15H24F3NO3/c1-13(2,3)22-12(20)19-11-7-9-5-4-6-10(8-11)14(9,21)15(16,17)18/h9-11,21H,4-8H2,1-3H3,(H,19,20)/t9-,10-,11?,14?/m1/s1. The summed E-state index contributed by atoms with van der Waals surface area (Å²) in [6, 6.07) is -0.382. The first kappa shape index (κ1) is 17.4. The molecule has 2 saturated carbocycles. The monoisotopic (exact) mass is 323 g/mol. The number of aliphatic hydroxyl groups is 1. The van der Waals surface area contributed by atoms with Crippen LogP contribution in [0.15, 0.2) is 0 Å². The number of ether oxygens (including phenoxy) is 1. The quantitative estimate of drug-likeness (QED) is 0.778. The Morgan fingerprint density at radius 2 is 1.68 bits per heavy atom. The maximum Gasteiger partial charge on any atom is 0.417 e. The fourth-order valence-corrected chi connectivity index (χ4v) is 3.82. The Morgan fingerprint density at radius 1 is 1.18 bits per heavy atom. The number of hydrogen-bond acceptors (Lipinski definition) is 3. The van der Waals surface area contributed by atoms with Gasteiger partial charge in [-0.3, -0.25) is 0 Å². The first-order valence-electron chi connectivity index (χ1n) is 7.72. The van der Waals surface area contributed by atoms with Crippen molar-refractivity contribution in [2.75, 3.05) is 0 Å². The highest BCUT2D eigenvalue weighted by atomic mass is 19.4. The van der Waals surface area contributed by atoms with E-state index in [1.165, 1.54) is 0 Å². The van der Waals surface area contributed by atoms with Crippen LogP contribution in [0.1, 0.15) is 52.9 Å². The largest absolute Gasteiger partial charge is 0.444 e. The topological polar surface area (TPSA) is 58.6 Å². The Kier molecular flexibility index (Phi) is 4.41. The number of nitrogens with one attached hydrogen (secondary N) is 1. The molecule has 2 fully saturated rings. The maximum absolute atomic E-state index is 13.3. The van der Waals surface area contributed by atoms with E-state index in [1.54, 1.807) is 20.8 Å². The van der Waals surface area contributed by atoms with E-state index < -0.39 is 35.3 Å². The molecule has 7 heteroatoms. The molecule has 0 aromatic carbocycles. The second-order valence-electron chi connectivity index (χ2n) is 7.46. The van der Waals surface area contributed by atoms with Crippen LogP contribution in [0.2, 0.25) is 0 Å². The van der Waals surface area contributed by atoms with Crippen molar-refractivity contribution in [1.29, 1.82) is 0 Å². The van der Waals surface area contributed by atoms with Gasteiger partial charge in [-0.15, -0.1) is 0 Å². The second-order valence-corrected chi connectivity index (χ2v) is 7.46. The van der Waals surface area contributed by atoms with Crippen LogP contribution in [0.4, 0.5) is 18.0 Å². The summed E-state index contributed by atoms with van der Waals surface area (Å²) >= 11 is 0. The molecule has 0 saturated heterocycles. The Labute approximate surface area is 128 Å². The van der Waals surface area contributed by atoms with Crippen LogP contribution < -0.4 is 5.32 Å². The number of amides is 1. The van der Waals surface area contributed by atoms with E-state index in [0.717, 1.165) is 0 Å². The van der Waals surface area contributed by atoms with Crippen LogP contribution in [0.25, 0.3) is 0 Å². The number of rotatable bonds is 1. The van der Waals surface area contributed by atoms with Crippen molar-refractivity contribution in [3.63, 3.8) is 0 Å². The van der Waals surface area contributed by atoms with Crippen LogP contribution in [0.5, 0.6) is 0 Å². The van der Waals surface area contributed by atoms with E-state index >= 15 is 0 Å². The fraction of sp³-hybridized carbons (Fsp3) is 0.933. The Morgan fingerprint density at radius 3 is 2.09 bits per heavy atom. The lowest BCUT2D eigenvalue weighted by atomic mass is 9.59. The zero-order valence-corrected chi connectivity index (χ0v) is 13.2. The SMILES string of the molecule is CC(C)(C)OC(=O)NC1C[C@H]2CCC[C@H](C1)C2(O)C(F)(F)F. The summed E-state index contributed by atoms with van der Waals surface area (Å²) in [5, 5.41) is 12.9. The number of halogens is 3. The smallest absolute Gasteiger partial charge is 0.417 e. The van der Waals surface area contributed by atoms with Gasteiger partial charge >= 0.3 is 12.3 Å². The number of alkyl halides is 3. The summed E-state index contributed by atoms with van der Waals surface area (Å²) in [6.07, 6.45) is -3.63. The Balaban J connectivity index is 2.06. The third-order valence-electron chi connectivity index (χ3n) is 4.66. The normalized spacial score (nSPS) is 35.9. The molecule has 0 unspecified atom stereocenters. The third-order valence-corrected chi connectivity index (χ3v) is 4.66. The van der Waals surface area contributed by atoms with Crippen molar-refractivity contribution in [1.82, 2.24) is 5.32 Å². The van der Waals surface area contributed by atoms with E-state index in [1.807, 2.05) is 0 Å². The molecule has 0 radical (unpaired) electrons.